The molecule has 0 amide bonds. The Morgan fingerprint density at radius 2 is 2.00 bits per heavy atom. The van der Waals surface area contributed by atoms with Crippen molar-refractivity contribution < 1.29 is 23.4 Å². The third-order valence-electron chi connectivity index (χ3n) is 3.32. The summed E-state index contributed by atoms with van der Waals surface area (Å²) in [6.45, 7) is 0. The molecule has 0 radical (unpaired) electrons. The molecule has 0 unspecified atom stereocenters. The van der Waals surface area contributed by atoms with Crippen LogP contribution in [0.3, 0.4) is 0 Å². The Morgan fingerprint density at radius 1 is 1.32 bits per heavy atom. The van der Waals surface area contributed by atoms with Crippen LogP contribution in [0.2, 0.25) is 0 Å². The van der Waals surface area contributed by atoms with E-state index in [0.29, 0.717) is 31.6 Å². The number of halogens is 2. The molecule has 1 fully saturated rings. The lowest BCUT2D eigenvalue weighted by Crippen LogP contribution is -2.28. The number of hydrogen-bond acceptors (Lipinski definition) is 3. The van der Waals surface area contributed by atoms with Crippen LogP contribution >= 0.6 is 0 Å². The van der Waals surface area contributed by atoms with E-state index in [0.717, 1.165) is 6.20 Å². The van der Waals surface area contributed by atoms with Crippen LogP contribution in [0, 0.1) is 5.92 Å². The number of ether oxygens (including phenoxy) is 1. The Kier molecular flexibility index (Phi) is 4.29. The van der Waals surface area contributed by atoms with Gasteiger partial charge in [-0.15, -0.1) is 0 Å². The largest absolute Gasteiger partial charge is 0.481 e. The van der Waals surface area contributed by atoms with Gasteiger partial charge < -0.3 is 9.84 Å². The third-order valence-corrected chi connectivity index (χ3v) is 3.32. The van der Waals surface area contributed by atoms with Gasteiger partial charge in [-0.1, -0.05) is 0 Å². The van der Waals surface area contributed by atoms with Crippen LogP contribution < -0.4 is 4.74 Å². The van der Waals surface area contributed by atoms with Crippen LogP contribution in [-0.4, -0.2) is 22.2 Å². The van der Waals surface area contributed by atoms with Gasteiger partial charge in [0, 0.05) is 17.8 Å². The van der Waals surface area contributed by atoms with E-state index in [1.807, 2.05) is 0 Å². The molecule has 2 rings (SSSR count). The molecule has 4 nitrogen and oxygen atoms in total. The fourth-order valence-corrected chi connectivity index (χ4v) is 2.19. The van der Waals surface area contributed by atoms with Gasteiger partial charge in [0.2, 0.25) is 5.88 Å². The molecule has 1 saturated carbocycles. The monoisotopic (exact) mass is 271 g/mol. The van der Waals surface area contributed by atoms with Gasteiger partial charge in [-0.3, -0.25) is 4.79 Å². The van der Waals surface area contributed by atoms with Gasteiger partial charge in [-0.2, -0.15) is 0 Å². The maximum Gasteiger partial charge on any atom is 0.306 e. The highest BCUT2D eigenvalue weighted by molar-refractivity contribution is 5.70. The summed E-state index contributed by atoms with van der Waals surface area (Å²) in [5.74, 6) is -0.755. The van der Waals surface area contributed by atoms with E-state index in [1.165, 1.54) is 12.1 Å². The van der Waals surface area contributed by atoms with Gasteiger partial charge >= 0.3 is 5.97 Å². The highest BCUT2D eigenvalue weighted by atomic mass is 19.3. The van der Waals surface area contributed by atoms with Crippen molar-refractivity contribution in [3.63, 3.8) is 0 Å². The average Bonchev–Trinajstić information content (AvgIpc) is 2.40. The maximum atomic E-state index is 12.3. The number of carbonyl (C=O) groups is 1. The van der Waals surface area contributed by atoms with Gasteiger partial charge in [-0.05, 0) is 31.7 Å². The lowest BCUT2D eigenvalue weighted by atomic mass is 9.87. The zero-order chi connectivity index (χ0) is 13.8. The molecule has 1 heterocycles. The lowest BCUT2D eigenvalue weighted by molar-refractivity contribution is -0.143. The zero-order valence-corrected chi connectivity index (χ0v) is 10.3. The molecule has 0 atom stereocenters. The zero-order valence-electron chi connectivity index (χ0n) is 10.3. The molecule has 1 aromatic rings. The second-order valence-electron chi connectivity index (χ2n) is 4.66. The van der Waals surface area contributed by atoms with Crippen molar-refractivity contribution in [3.8, 4) is 5.88 Å². The Morgan fingerprint density at radius 3 is 2.47 bits per heavy atom. The van der Waals surface area contributed by atoms with Crippen molar-refractivity contribution >= 4 is 5.97 Å². The van der Waals surface area contributed by atoms with Gasteiger partial charge in [0.05, 0.1) is 5.92 Å². The minimum absolute atomic E-state index is 0.0829. The molecule has 1 N–H and O–H groups in total. The van der Waals surface area contributed by atoms with E-state index in [4.69, 9.17) is 9.84 Å². The molecular formula is C13H15F2NO3. The number of alkyl halides is 2. The van der Waals surface area contributed by atoms with Crippen molar-refractivity contribution in [2.75, 3.05) is 0 Å². The molecule has 19 heavy (non-hydrogen) atoms. The number of carboxylic acids is 1. The van der Waals surface area contributed by atoms with Crippen molar-refractivity contribution in [3.05, 3.63) is 23.9 Å². The summed E-state index contributed by atoms with van der Waals surface area (Å²) in [6, 6.07) is 2.71. The van der Waals surface area contributed by atoms with Crippen molar-refractivity contribution in [1.82, 2.24) is 4.98 Å². The van der Waals surface area contributed by atoms with Crippen LogP contribution in [-0.2, 0) is 4.79 Å². The number of carboxylic acid groups (broad SMARTS) is 1. The maximum absolute atomic E-state index is 12.3. The smallest absolute Gasteiger partial charge is 0.306 e. The first-order valence-electron chi connectivity index (χ1n) is 6.20. The molecule has 6 heteroatoms. The molecular weight excluding hydrogens is 256 g/mol. The Labute approximate surface area is 109 Å². The summed E-state index contributed by atoms with van der Waals surface area (Å²) in [7, 11) is 0. The highest BCUT2D eigenvalue weighted by Gasteiger charge is 2.27. The second kappa shape index (κ2) is 5.95. The first kappa shape index (κ1) is 13.7. The van der Waals surface area contributed by atoms with E-state index in [1.54, 1.807) is 0 Å². The van der Waals surface area contributed by atoms with E-state index < -0.39 is 12.4 Å². The van der Waals surface area contributed by atoms with Gasteiger partial charge in [-0.25, -0.2) is 13.8 Å². The summed E-state index contributed by atoms with van der Waals surface area (Å²) < 4.78 is 30.2. The Hall–Kier alpha value is -1.72. The van der Waals surface area contributed by atoms with Crippen LogP contribution in [0.15, 0.2) is 18.3 Å². The fraction of sp³-hybridized carbons (Fsp3) is 0.538. The molecule has 0 aliphatic heterocycles. The number of pyridine rings is 1. The Balaban J connectivity index is 1.87. The molecule has 1 aliphatic rings. The fourth-order valence-electron chi connectivity index (χ4n) is 2.19. The molecule has 0 saturated heterocycles. The Bertz CT molecular complexity index is 428. The molecule has 0 bridgehead atoms. The minimum Gasteiger partial charge on any atom is -0.481 e. The molecule has 1 aromatic heterocycles. The summed E-state index contributed by atoms with van der Waals surface area (Å²) in [6.07, 6.45) is 0.936. The number of rotatable bonds is 4. The van der Waals surface area contributed by atoms with Gasteiger partial charge in [0.25, 0.3) is 6.43 Å². The van der Waals surface area contributed by atoms with Crippen molar-refractivity contribution in [2.45, 2.75) is 38.2 Å². The van der Waals surface area contributed by atoms with Crippen LogP contribution in [0.4, 0.5) is 8.78 Å². The summed E-state index contributed by atoms with van der Waals surface area (Å²) in [5.41, 5.74) is -0.137. The predicted octanol–water partition coefficient (Wildman–Crippen LogP) is 3.04. The van der Waals surface area contributed by atoms with E-state index >= 15 is 0 Å². The standard InChI is InChI=1S/C13H15F2NO3/c14-12(15)9-3-6-11(16-7-9)19-10-4-1-8(2-5-10)13(17)18/h3,6-8,10,12H,1-2,4-5H2,(H,17,18)/t8-,10-. The molecule has 0 spiro atoms. The number of aliphatic carboxylic acids is 1. The molecule has 0 aromatic carbocycles. The minimum atomic E-state index is -2.53. The second-order valence-corrected chi connectivity index (χ2v) is 4.66. The lowest BCUT2D eigenvalue weighted by Gasteiger charge is -2.26. The van der Waals surface area contributed by atoms with Crippen molar-refractivity contribution in [2.24, 2.45) is 5.92 Å². The first-order chi connectivity index (χ1) is 9.06. The quantitative estimate of drug-likeness (QED) is 0.914. The average molecular weight is 271 g/mol. The molecule has 1 aliphatic carbocycles. The topological polar surface area (TPSA) is 59.4 Å². The van der Waals surface area contributed by atoms with E-state index in [9.17, 15) is 13.6 Å². The molecule has 104 valence electrons. The van der Waals surface area contributed by atoms with Crippen LogP contribution in [0.1, 0.15) is 37.7 Å². The van der Waals surface area contributed by atoms with Crippen molar-refractivity contribution in [1.29, 1.82) is 0 Å². The third kappa shape index (κ3) is 3.62. The van der Waals surface area contributed by atoms with E-state index in [2.05, 4.69) is 4.98 Å². The number of hydrogen-bond donors (Lipinski definition) is 1. The van der Waals surface area contributed by atoms with Gasteiger partial charge in [0.15, 0.2) is 0 Å². The summed E-state index contributed by atoms with van der Waals surface area (Å²) >= 11 is 0. The van der Waals surface area contributed by atoms with Gasteiger partial charge in [0.1, 0.15) is 6.10 Å². The summed E-state index contributed by atoms with van der Waals surface area (Å²) in [4.78, 5) is 14.6. The predicted molar refractivity (Wildman–Crippen MR) is 63.2 cm³/mol. The van der Waals surface area contributed by atoms with Crippen LogP contribution in [0.25, 0.3) is 0 Å². The number of aromatic nitrogens is 1. The number of nitrogens with zero attached hydrogens (tertiary/aromatic N) is 1. The highest BCUT2D eigenvalue weighted by Crippen LogP contribution is 2.27. The SMILES string of the molecule is O=C(O)[C@H]1CC[C@H](Oc2ccc(C(F)F)cn2)CC1. The first-order valence-corrected chi connectivity index (χ1v) is 6.20. The summed E-state index contributed by atoms with van der Waals surface area (Å²) in [5, 5.41) is 8.87. The normalized spacial score (nSPS) is 23.3. The van der Waals surface area contributed by atoms with E-state index in [-0.39, 0.29) is 17.6 Å². The van der Waals surface area contributed by atoms with Crippen LogP contribution in [0.5, 0.6) is 5.88 Å².